The maximum Gasteiger partial charge on any atom is 0.357 e. The molecular formula is C20H19N3O6S2. The van der Waals surface area contributed by atoms with Crippen LogP contribution in [0.4, 0.5) is 5.00 Å². The number of nitrogens with zero attached hydrogens (tertiary/aromatic N) is 2. The zero-order chi connectivity index (χ0) is 22.5. The van der Waals surface area contributed by atoms with E-state index in [9.17, 15) is 14.4 Å². The number of para-hydroxylation sites is 1. The minimum atomic E-state index is -0.742. The molecule has 2 aromatic heterocycles. The molecule has 2 heterocycles. The lowest BCUT2D eigenvalue weighted by molar-refractivity contribution is 0.0443. The molecule has 0 aliphatic carbocycles. The summed E-state index contributed by atoms with van der Waals surface area (Å²) >= 11 is 2.23. The van der Waals surface area contributed by atoms with Gasteiger partial charge in [-0.3, -0.25) is 4.57 Å². The number of benzene rings is 1. The molecule has 0 aliphatic heterocycles. The number of imidazole rings is 1. The van der Waals surface area contributed by atoms with Crippen molar-refractivity contribution in [2.24, 2.45) is 0 Å². The highest BCUT2D eigenvalue weighted by atomic mass is 32.2. The molecular weight excluding hydrogens is 442 g/mol. The third kappa shape index (κ3) is 4.42. The second-order valence-electron chi connectivity index (χ2n) is 6.01. The first kappa shape index (κ1) is 22.4. The minimum Gasteiger partial charge on any atom is -0.465 e. The Kier molecular flexibility index (Phi) is 6.98. The summed E-state index contributed by atoms with van der Waals surface area (Å²) in [5.41, 5.74) is 6.94. The van der Waals surface area contributed by atoms with E-state index in [4.69, 9.17) is 19.9 Å². The smallest absolute Gasteiger partial charge is 0.357 e. The van der Waals surface area contributed by atoms with Gasteiger partial charge in [0.2, 0.25) is 0 Å². The summed E-state index contributed by atoms with van der Waals surface area (Å²) in [5, 5.41) is 0.667. The van der Waals surface area contributed by atoms with Gasteiger partial charge < -0.3 is 19.9 Å². The molecule has 0 bridgehead atoms. The fraction of sp³-hybridized carbons (Fsp3) is 0.200. The molecule has 31 heavy (non-hydrogen) atoms. The molecule has 9 nitrogen and oxygen atoms in total. The second kappa shape index (κ2) is 9.67. The quantitative estimate of drug-likeness (QED) is 0.321. The van der Waals surface area contributed by atoms with Crippen molar-refractivity contribution in [3.63, 3.8) is 0 Å². The molecule has 0 aliphatic rings. The number of esters is 3. The lowest BCUT2D eigenvalue weighted by Crippen LogP contribution is -2.15. The Morgan fingerprint density at radius 3 is 2.39 bits per heavy atom. The molecule has 1 aromatic carbocycles. The van der Waals surface area contributed by atoms with E-state index in [0.717, 1.165) is 17.0 Å². The van der Waals surface area contributed by atoms with Crippen LogP contribution in [0.5, 0.6) is 0 Å². The van der Waals surface area contributed by atoms with Gasteiger partial charge in [-0.05, 0) is 18.4 Å². The molecule has 3 rings (SSSR count). The van der Waals surface area contributed by atoms with Gasteiger partial charge in [0.15, 0.2) is 10.9 Å². The van der Waals surface area contributed by atoms with Crippen LogP contribution < -0.4 is 5.73 Å². The van der Waals surface area contributed by atoms with E-state index in [1.807, 2.05) is 36.6 Å². The molecule has 11 heteroatoms. The number of methoxy groups -OCH3 is 2. The average Bonchev–Trinajstić information content (AvgIpc) is 3.37. The van der Waals surface area contributed by atoms with Crippen LogP contribution in [0.2, 0.25) is 0 Å². The number of anilines is 1. The van der Waals surface area contributed by atoms with Crippen molar-refractivity contribution in [2.45, 2.75) is 11.8 Å². The summed E-state index contributed by atoms with van der Waals surface area (Å²) in [6, 6.07) is 9.22. The molecule has 3 aromatic rings. The van der Waals surface area contributed by atoms with E-state index in [-0.39, 0.29) is 33.3 Å². The Morgan fingerprint density at radius 2 is 1.77 bits per heavy atom. The number of thioether (sulfide) groups is 1. The number of carbonyl (C=O) groups is 3. The summed E-state index contributed by atoms with van der Waals surface area (Å²) in [5.74, 6) is -2.13. The van der Waals surface area contributed by atoms with Crippen molar-refractivity contribution in [2.75, 3.05) is 26.2 Å². The van der Waals surface area contributed by atoms with E-state index in [0.29, 0.717) is 5.16 Å². The Bertz CT molecular complexity index is 1120. The predicted octanol–water partition coefficient (Wildman–Crippen LogP) is 3.17. The van der Waals surface area contributed by atoms with E-state index < -0.39 is 17.9 Å². The number of aromatic nitrogens is 2. The van der Waals surface area contributed by atoms with Crippen LogP contribution >= 0.6 is 23.1 Å². The number of thiophene rings is 1. The van der Waals surface area contributed by atoms with E-state index in [1.54, 1.807) is 4.57 Å². The Morgan fingerprint density at radius 1 is 1.10 bits per heavy atom. The number of hydrogen-bond donors (Lipinski definition) is 1. The molecule has 0 fully saturated rings. The van der Waals surface area contributed by atoms with Crippen molar-refractivity contribution in [3.8, 4) is 5.69 Å². The third-order valence-corrected chi connectivity index (χ3v) is 5.97. The maximum atomic E-state index is 12.9. The van der Waals surface area contributed by atoms with Gasteiger partial charge in [0.05, 0.1) is 20.4 Å². The summed E-state index contributed by atoms with van der Waals surface area (Å²) in [6.07, 6.45) is 3.25. The van der Waals surface area contributed by atoms with E-state index >= 15 is 0 Å². The van der Waals surface area contributed by atoms with Crippen LogP contribution in [0.3, 0.4) is 0 Å². The third-order valence-electron chi connectivity index (χ3n) is 4.28. The molecule has 2 N–H and O–H groups in total. The van der Waals surface area contributed by atoms with Gasteiger partial charge in [0, 0.05) is 11.3 Å². The van der Waals surface area contributed by atoms with Gasteiger partial charge in [0.1, 0.15) is 22.0 Å². The number of ether oxygens (including phenoxy) is 3. The largest absolute Gasteiger partial charge is 0.465 e. The highest BCUT2D eigenvalue weighted by Gasteiger charge is 2.29. The van der Waals surface area contributed by atoms with Gasteiger partial charge in [-0.25, -0.2) is 19.4 Å². The SMILES string of the molecule is COC(=O)c1sc(N)c(C(=O)OC)c1COC(=O)c1cnc(SC)n1-c1ccccc1. The highest BCUT2D eigenvalue weighted by molar-refractivity contribution is 7.98. The van der Waals surface area contributed by atoms with Gasteiger partial charge in [-0.15, -0.1) is 11.3 Å². The monoisotopic (exact) mass is 461 g/mol. The lowest BCUT2D eigenvalue weighted by atomic mass is 10.1. The van der Waals surface area contributed by atoms with Crippen molar-refractivity contribution < 1.29 is 28.6 Å². The number of rotatable bonds is 7. The van der Waals surface area contributed by atoms with Gasteiger partial charge >= 0.3 is 17.9 Å². The molecule has 0 spiro atoms. The maximum absolute atomic E-state index is 12.9. The topological polar surface area (TPSA) is 123 Å². The lowest BCUT2D eigenvalue weighted by Gasteiger charge is -2.11. The Hall–Kier alpha value is -3.31. The van der Waals surface area contributed by atoms with Crippen molar-refractivity contribution in [1.82, 2.24) is 9.55 Å². The molecule has 0 unspecified atom stereocenters. The van der Waals surface area contributed by atoms with Crippen LogP contribution in [0.15, 0.2) is 41.7 Å². The first-order valence-electron chi connectivity index (χ1n) is 8.84. The Labute approximate surface area is 186 Å². The fourth-order valence-corrected chi connectivity index (χ4v) is 4.39. The zero-order valence-corrected chi connectivity index (χ0v) is 18.5. The molecule has 0 saturated heterocycles. The first-order valence-corrected chi connectivity index (χ1v) is 10.9. The van der Waals surface area contributed by atoms with Crippen LogP contribution in [0, 0.1) is 0 Å². The number of nitrogen functional groups attached to an aromatic ring is 1. The van der Waals surface area contributed by atoms with Crippen LogP contribution in [-0.2, 0) is 20.8 Å². The predicted molar refractivity (Wildman–Crippen MR) is 116 cm³/mol. The summed E-state index contributed by atoms with van der Waals surface area (Å²) < 4.78 is 16.6. The number of nitrogens with two attached hydrogens (primary N) is 1. The summed E-state index contributed by atoms with van der Waals surface area (Å²) in [6.45, 7) is -0.379. The molecule has 0 atom stereocenters. The van der Waals surface area contributed by atoms with Crippen LogP contribution in [0.1, 0.15) is 36.1 Å². The molecule has 0 amide bonds. The van der Waals surface area contributed by atoms with Crippen molar-refractivity contribution in [1.29, 1.82) is 0 Å². The van der Waals surface area contributed by atoms with Gasteiger partial charge in [-0.1, -0.05) is 30.0 Å². The fourth-order valence-electron chi connectivity index (χ4n) is 2.87. The first-order chi connectivity index (χ1) is 14.9. The van der Waals surface area contributed by atoms with Crippen molar-refractivity contribution in [3.05, 3.63) is 58.2 Å². The minimum absolute atomic E-state index is 0.0259. The standard InChI is InChI=1S/C20H19N3O6S2/c1-27-18(25)14-12(15(19(26)28-2)31-16(14)21)10-29-17(24)13-9-22-20(30-3)23(13)11-7-5-4-6-8-11/h4-9H,10,21H2,1-3H3. The molecule has 0 saturated carbocycles. The number of hydrogen-bond acceptors (Lipinski definition) is 10. The molecule has 162 valence electrons. The van der Waals surface area contributed by atoms with Gasteiger partial charge in [0.25, 0.3) is 0 Å². The van der Waals surface area contributed by atoms with Crippen LogP contribution in [0.25, 0.3) is 5.69 Å². The summed E-state index contributed by atoms with van der Waals surface area (Å²) in [7, 11) is 2.39. The highest BCUT2D eigenvalue weighted by Crippen LogP contribution is 2.33. The number of carbonyl (C=O) groups excluding carboxylic acids is 3. The molecule has 0 radical (unpaired) electrons. The van der Waals surface area contributed by atoms with Gasteiger partial charge in [-0.2, -0.15) is 0 Å². The average molecular weight is 462 g/mol. The van der Waals surface area contributed by atoms with Crippen LogP contribution in [-0.4, -0.2) is 47.9 Å². The van der Waals surface area contributed by atoms with E-state index in [1.165, 1.54) is 32.2 Å². The normalized spacial score (nSPS) is 10.5. The zero-order valence-electron chi connectivity index (χ0n) is 16.9. The van der Waals surface area contributed by atoms with Crippen molar-refractivity contribution >= 4 is 46.0 Å². The van der Waals surface area contributed by atoms with E-state index in [2.05, 4.69) is 4.98 Å². The second-order valence-corrected chi connectivity index (χ2v) is 7.83. The summed E-state index contributed by atoms with van der Waals surface area (Å²) in [4.78, 5) is 41.5. The Balaban J connectivity index is 1.94.